The SMILES string of the molecule is C[Si](Cl)(Cl)O[Si](Cl)(Cl)c1ccccc1. The van der Waals surface area contributed by atoms with Crippen LogP contribution < -0.4 is 5.19 Å². The summed E-state index contributed by atoms with van der Waals surface area (Å²) in [6.07, 6.45) is 0. The fraction of sp³-hybridized carbons (Fsp3) is 0.143. The minimum Gasteiger partial charge on any atom is -0.407 e. The Bertz CT molecular complexity index is 298. The second-order valence-corrected chi connectivity index (χ2v) is 15.5. The lowest BCUT2D eigenvalue weighted by atomic mass is 10.4. The van der Waals surface area contributed by atoms with Gasteiger partial charge in [0.2, 0.25) is 0 Å². The summed E-state index contributed by atoms with van der Waals surface area (Å²) >= 11 is 23.8. The van der Waals surface area contributed by atoms with Crippen molar-refractivity contribution in [2.45, 2.75) is 6.55 Å². The minimum atomic E-state index is -2.97. The average molecular weight is 306 g/mol. The summed E-state index contributed by atoms with van der Waals surface area (Å²) in [4.78, 5) is 0. The molecule has 0 saturated heterocycles. The van der Waals surface area contributed by atoms with Crippen molar-refractivity contribution in [1.29, 1.82) is 0 Å². The van der Waals surface area contributed by atoms with Gasteiger partial charge in [-0.25, -0.2) is 0 Å². The molecule has 0 bridgehead atoms. The van der Waals surface area contributed by atoms with Crippen molar-refractivity contribution in [3.8, 4) is 0 Å². The quantitative estimate of drug-likeness (QED) is 0.614. The molecule has 0 fully saturated rings. The largest absolute Gasteiger partial charge is 0.415 e. The van der Waals surface area contributed by atoms with E-state index in [1.165, 1.54) is 0 Å². The molecule has 78 valence electrons. The van der Waals surface area contributed by atoms with Crippen molar-refractivity contribution < 1.29 is 4.12 Å². The van der Waals surface area contributed by atoms with Crippen molar-refractivity contribution in [2.24, 2.45) is 0 Å². The first-order chi connectivity index (χ1) is 6.31. The van der Waals surface area contributed by atoms with Crippen molar-refractivity contribution in [3.63, 3.8) is 0 Å². The van der Waals surface area contributed by atoms with Gasteiger partial charge in [-0.2, -0.15) is 0 Å². The van der Waals surface area contributed by atoms with Crippen LogP contribution in [0.2, 0.25) is 6.55 Å². The monoisotopic (exact) mass is 304 g/mol. The first kappa shape index (κ1) is 12.8. The summed E-state index contributed by atoms with van der Waals surface area (Å²) in [7, 11) is 0. The molecule has 0 atom stereocenters. The van der Waals surface area contributed by atoms with Gasteiger partial charge in [-0.1, -0.05) is 30.3 Å². The summed E-state index contributed by atoms with van der Waals surface area (Å²) in [5, 5.41) is 0.753. The molecule has 0 aromatic heterocycles. The third-order valence-corrected chi connectivity index (χ3v) is 8.97. The predicted molar refractivity (Wildman–Crippen MR) is 67.9 cm³/mol. The van der Waals surface area contributed by atoms with Gasteiger partial charge in [-0.15, -0.1) is 44.3 Å². The van der Waals surface area contributed by atoms with E-state index in [1.807, 2.05) is 18.2 Å². The maximum absolute atomic E-state index is 6.09. The molecular formula is C7H8Cl4OSi2. The first-order valence-electron chi connectivity index (χ1n) is 3.82. The Hall–Kier alpha value is 0.774. The molecule has 0 aliphatic rings. The fourth-order valence-corrected chi connectivity index (χ4v) is 10.8. The van der Waals surface area contributed by atoms with Crippen LogP contribution in [-0.4, -0.2) is 13.9 Å². The van der Waals surface area contributed by atoms with Gasteiger partial charge in [0.1, 0.15) is 0 Å². The zero-order valence-electron chi connectivity index (χ0n) is 7.31. The average Bonchev–Trinajstić information content (AvgIpc) is 2.01. The Balaban J connectivity index is 2.86. The van der Waals surface area contributed by atoms with E-state index in [2.05, 4.69) is 0 Å². The summed E-state index contributed by atoms with van der Waals surface area (Å²) in [6, 6.07) is 9.17. The Morgan fingerprint density at radius 1 is 1.00 bits per heavy atom. The highest BCUT2D eigenvalue weighted by Crippen LogP contribution is 2.26. The maximum atomic E-state index is 6.09. The van der Waals surface area contributed by atoms with Crippen LogP contribution >= 0.6 is 44.3 Å². The van der Waals surface area contributed by atoms with Crippen molar-refractivity contribution in [3.05, 3.63) is 30.3 Å². The summed E-state index contributed by atoms with van der Waals surface area (Å²) in [5.74, 6) is 0. The molecule has 1 aromatic carbocycles. The van der Waals surface area contributed by atoms with Crippen LogP contribution in [-0.2, 0) is 4.12 Å². The number of hydrogen-bond donors (Lipinski definition) is 0. The molecule has 0 saturated carbocycles. The van der Waals surface area contributed by atoms with Crippen LogP contribution in [0.1, 0.15) is 0 Å². The lowest BCUT2D eigenvalue weighted by molar-refractivity contribution is 0.624. The Kier molecular flexibility index (Phi) is 4.35. The number of halogens is 4. The highest BCUT2D eigenvalue weighted by Gasteiger charge is 2.41. The van der Waals surface area contributed by atoms with Crippen LogP contribution in [0, 0.1) is 0 Å². The molecule has 1 aromatic rings. The van der Waals surface area contributed by atoms with E-state index in [9.17, 15) is 0 Å². The topological polar surface area (TPSA) is 9.23 Å². The number of hydrogen-bond acceptors (Lipinski definition) is 1. The molecule has 0 aliphatic heterocycles. The smallest absolute Gasteiger partial charge is 0.407 e. The lowest BCUT2D eigenvalue weighted by Gasteiger charge is -2.22. The molecule has 14 heavy (non-hydrogen) atoms. The molecule has 0 heterocycles. The molecule has 0 unspecified atom stereocenters. The maximum Gasteiger partial charge on any atom is 0.415 e. The van der Waals surface area contributed by atoms with E-state index in [0.29, 0.717) is 0 Å². The Morgan fingerprint density at radius 2 is 1.50 bits per heavy atom. The Morgan fingerprint density at radius 3 is 1.93 bits per heavy atom. The van der Waals surface area contributed by atoms with Crippen molar-refractivity contribution >= 4 is 63.4 Å². The molecule has 0 amide bonds. The van der Waals surface area contributed by atoms with E-state index in [0.717, 1.165) is 5.19 Å². The third-order valence-electron chi connectivity index (χ3n) is 1.42. The standard InChI is InChI=1S/C7H8Cl4OSi2/c1-13(8,9)12-14(10,11)7-5-3-2-4-6-7/h2-6H,1H3. The fourth-order valence-electron chi connectivity index (χ4n) is 0.916. The van der Waals surface area contributed by atoms with Gasteiger partial charge in [0, 0.05) is 0 Å². The van der Waals surface area contributed by atoms with Gasteiger partial charge in [-0.05, 0) is 11.7 Å². The summed E-state index contributed by atoms with van der Waals surface area (Å²) in [6.45, 7) is -4.09. The van der Waals surface area contributed by atoms with Crippen LogP contribution in [0.4, 0.5) is 0 Å². The molecule has 1 nitrogen and oxygen atoms in total. The van der Waals surface area contributed by atoms with Crippen LogP contribution in [0.5, 0.6) is 0 Å². The van der Waals surface area contributed by atoms with Crippen molar-refractivity contribution in [1.82, 2.24) is 0 Å². The van der Waals surface area contributed by atoms with Crippen LogP contribution in [0.3, 0.4) is 0 Å². The molecule has 0 spiro atoms. The molecule has 0 aliphatic carbocycles. The van der Waals surface area contributed by atoms with Gasteiger partial charge < -0.3 is 4.12 Å². The van der Waals surface area contributed by atoms with Crippen LogP contribution in [0.25, 0.3) is 0 Å². The number of benzene rings is 1. The van der Waals surface area contributed by atoms with E-state index in [1.54, 1.807) is 18.7 Å². The molecular weight excluding hydrogens is 298 g/mol. The predicted octanol–water partition coefficient (Wildman–Crippen LogP) is 3.37. The number of rotatable bonds is 3. The van der Waals surface area contributed by atoms with Crippen molar-refractivity contribution in [2.75, 3.05) is 0 Å². The van der Waals surface area contributed by atoms with E-state index in [4.69, 9.17) is 48.4 Å². The molecule has 7 heteroatoms. The van der Waals surface area contributed by atoms with Gasteiger partial charge >= 0.3 is 13.9 Å². The normalized spacial score (nSPS) is 12.9. The molecule has 1 rings (SSSR count). The zero-order valence-corrected chi connectivity index (χ0v) is 12.3. The van der Waals surface area contributed by atoms with Gasteiger partial charge in [-0.3, -0.25) is 0 Å². The van der Waals surface area contributed by atoms with E-state index in [-0.39, 0.29) is 0 Å². The first-order valence-corrected chi connectivity index (χ1v) is 12.2. The second kappa shape index (κ2) is 4.74. The highest BCUT2D eigenvalue weighted by atomic mass is 35.7. The molecule has 0 N–H and O–H groups in total. The summed E-state index contributed by atoms with van der Waals surface area (Å²) < 4.78 is 5.35. The zero-order chi connectivity index (χ0) is 10.8. The summed E-state index contributed by atoms with van der Waals surface area (Å²) in [5.41, 5.74) is 0. The third kappa shape index (κ3) is 4.10. The minimum absolute atomic E-state index is 0.753. The second-order valence-electron chi connectivity index (χ2n) is 2.79. The van der Waals surface area contributed by atoms with Gasteiger partial charge in [0.05, 0.1) is 0 Å². The lowest BCUT2D eigenvalue weighted by Crippen LogP contribution is -2.46. The van der Waals surface area contributed by atoms with Gasteiger partial charge in [0.25, 0.3) is 0 Å². The highest BCUT2D eigenvalue weighted by molar-refractivity contribution is 7.53. The van der Waals surface area contributed by atoms with E-state index < -0.39 is 13.9 Å². The molecule has 0 radical (unpaired) electrons. The Labute approximate surface area is 104 Å². The van der Waals surface area contributed by atoms with E-state index >= 15 is 0 Å². The van der Waals surface area contributed by atoms with Gasteiger partial charge in [0.15, 0.2) is 0 Å². The van der Waals surface area contributed by atoms with Crippen LogP contribution in [0.15, 0.2) is 30.3 Å².